The second kappa shape index (κ2) is 7.23. The molecule has 0 radical (unpaired) electrons. The first-order chi connectivity index (χ1) is 12.0. The van der Waals surface area contributed by atoms with Crippen molar-refractivity contribution in [2.24, 2.45) is 0 Å². The Hall–Kier alpha value is -3.06. The van der Waals surface area contributed by atoms with Gasteiger partial charge in [0.2, 0.25) is 11.7 Å². The number of nitrogens with zero attached hydrogens (tertiary/aromatic N) is 4. The quantitative estimate of drug-likeness (QED) is 0.711. The van der Waals surface area contributed by atoms with Gasteiger partial charge in [-0.1, -0.05) is 23.7 Å². The van der Waals surface area contributed by atoms with Crippen molar-refractivity contribution < 1.29 is 9.59 Å². The van der Waals surface area contributed by atoms with Crippen LogP contribution in [0.3, 0.4) is 0 Å². The zero-order valence-corrected chi connectivity index (χ0v) is 14.1. The Kier molecular flexibility index (Phi) is 4.85. The highest BCUT2D eigenvalue weighted by molar-refractivity contribution is 6.33. The first kappa shape index (κ1) is 16.8. The van der Waals surface area contributed by atoms with Crippen molar-refractivity contribution in [3.05, 3.63) is 59.1 Å². The monoisotopic (exact) mass is 355 g/mol. The van der Waals surface area contributed by atoms with Crippen LogP contribution in [-0.4, -0.2) is 31.9 Å². The average molecular weight is 356 g/mol. The number of carbonyl (C=O) groups excluding carboxylic acids is 2. The Balaban J connectivity index is 1.66. The van der Waals surface area contributed by atoms with Crippen LogP contribution in [0.1, 0.15) is 17.3 Å². The molecule has 126 valence electrons. The number of anilines is 1. The van der Waals surface area contributed by atoms with E-state index >= 15 is 0 Å². The van der Waals surface area contributed by atoms with Gasteiger partial charge in [0, 0.05) is 16.8 Å². The molecule has 1 aromatic heterocycles. The van der Waals surface area contributed by atoms with Crippen molar-refractivity contribution in [2.45, 2.75) is 13.5 Å². The number of ketones is 1. The number of aromatic nitrogens is 4. The van der Waals surface area contributed by atoms with Crippen molar-refractivity contribution in [1.82, 2.24) is 20.2 Å². The summed E-state index contributed by atoms with van der Waals surface area (Å²) in [5, 5.41) is 15.2. The van der Waals surface area contributed by atoms with E-state index in [4.69, 9.17) is 11.6 Å². The highest BCUT2D eigenvalue weighted by Gasteiger charge is 2.12. The SMILES string of the molecule is CC(=O)c1ccc(NC(=O)Cn2nnc(-c3ccccc3Cl)n2)cc1. The first-order valence-corrected chi connectivity index (χ1v) is 7.84. The summed E-state index contributed by atoms with van der Waals surface area (Å²) in [6, 6.07) is 13.8. The van der Waals surface area contributed by atoms with Crippen LogP contribution >= 0.6 is 11.6 Å². The molecule has 0 bridgehead atoms. The molecule has 7 nitrogen and oxygen atoms in total. The van der Waals surface area contributed by atoms with Gasteiger partial charge in [-0.15, -0.1) is 10.2 Å². The number of nitrogens with one attached hydrogen (secondary N) is 1. The molecule has 0 aliphatic rings. The summed E-state index contributed by atoms with van der Waals surface area (Å²) < 4.78 is 0. The summed E-state index contributed by atoms with van der Waals surface area (Å²) in [6.07, 6.45) is 0. The van der Waals surface area contributed by atoms with E-state index in [0.717, 1.165) is 0 Å². The molecule has 0 aliphatic carbocycles. The van der Waals surface area contributed by atoms with Gasteiger partial charge in [-0.05, 0) is 48.5 Å². The number of carbonyl (C=O) groups is 2. The van der Waals surface area contributed by atoms with Crippen LogP contribution in [0.4, 0.5) is 5.69 Å². The molecule has 0 saturated heterocycles. The Bertz CT molecular complexity index is 921. The Morgan fingerprint density at radius 2 is 1.84 bits per heavy atom. The lowest BCUT2D eigenvalue weighted by molar-refractivity contribution is -0.117. The highest BCUT2D eigenvalue weighted by Crippen LogP contribution is 2.23. The molecular formula is C17H14ClN5O2. The number of halogens is 1. The van der Waals surface area contributed by atoms with E-state index in [-0.39, 0.29) is 18.2 Å². The molecule has 0 atom stereocenters. The predicted octanol–water partition coefficient (Wildman–Crippen LogP) is 2.83. The van der Waals surface area contributed by atoms with E-state index in [0.29, 0.717) is 27.7 Å². The molecule has 2 aromatic carbocycles. The summed E-state index contributed by atoms with van der Waals surface area (Å²) in [6.45, 7) is 1.40. The normalized spacial score (nSPS) is 10.5. The highest BCUT2D eigenvalue weighted by atomic mass is 35.5. The Morgan fingerprint density at radius 1 is 1.12 bits per heavy atom. The fourth-order valence-corrected chi connectivity index (χ4v) is 2.40. The second-order valence-corrected chi connectivity index (χ2v) is 5.71. The molecule has 3 aromatic rings. The minimum atomic E-state index is -0.307. The van der Waals surface area contributed by atoms with Crippen molar-refractivity contribution in [3.63, 3.8) is 0 Å². The number of hydrogen-bond acceptors (Lipinski definition) is 5. The lowest BCUT2D eigenvalue weighted by atomic mass is 10.1. The number of amides is 1. The second-order valence-electron chi connectivity index (χ2n) is 5.31. The number of Topliss-reactive ketones (excluding diaryl/α,β-unsaturated/α-hetero) is 1. The lowest BCUT2D eigenvalue weighted by Crippen LogP contribution is -2.20. The van der Waals surface area contributed by atoms with Crippen LogP contribution in [0, 0.1) is 0 Å². The van der Waals surface area contributed by atoms with Crippen molar-refractivity contribution in [3.8, 4) is 11.4 Å². The molecule has 1 N–H and O–H groups in total. The molecule has 0 aliphatic heterocycles. The molecular weight excluding hydrogens is 342 g/mol. The third-order valence-electron chi connectivity index (χ3n) is 3.43. The fraction of sp³-hybridized carbons (Fsp3) is 0.118. The Labute approximate surface area is 148 Å². The minimum absolute atomic E-state index is 0.0307. The van der Waals surface area contributed by atoms with Gasteiger partial charge in [-0.25, -0.2) is 0 Å². The van der Waals surface area contributed by atoms with Crippen LogP contribution < -0.4 is 5.32 Å². The zero-order chi connectivity index (χ0) is 17.8. The van der Waals surface area contributed by atoms with Gasteiger partial charge in [0.15, 0.2) is 5.78 Å². The molecule has 0 spiro atoms. The number of hydrogen-bond donors (Lipinski definition) is 1. The Morgan fingerprint density at radius 3 is 2.52 bits per heavy atom. The molecule has 1 heterocycles. The molecule has 0 unspecified atom stereocenters. The minimum Gasteiger partial charge on any atom is -0.324 e. The van der Waals surface area contributed by atoms with Crippen LogP contribution in [0.2, 0.25) is 5.02 Å². The maximum atomic E-state index is 12.1. The largest absolute Gasteiger partial charge is 0.324 e. The molecule has 0 saturated carbocycles. The summed E-state index contributed by atoms with van der Waals surface area (Å²) in [5.41, 5.74) is 1.82. The summed E-state index contributed by atoms with van der Waals surface area (Å²) in [5.74, 6) is 0.0136. The van der Waals surface area contributed by atoms with E-state index in [2.05, 4.69) is 20.7 Å². The average Bonchev–Trinajstić information content (AvgIpc) is 3.03. The fourth-order valence-electron chi connectivity index (χ4n) is 2.18. The summed E-state index contributed by atoms with van der Waals surface area (Å²) >= 11 is 6.10. The van der Waals surface area contributed by atoms with Gasteiger partial charge in [0.25, 0.3) is 0 Å². The van der Waals surface area contributed by atoms with Crippen LogP contribution in [0.15, 0.2) is 48.5 Å². The van der Waals surface area contributed by atoms with Crippen LogP contribution in [0.25, 0.3) is 11.4 Å². The van der Waals surface area contributed by atoms with E-state index < -0.39 is 0 Å². The first-order valence-electron chi connectivity index (χ1n) is 7.46. The third kappa shape index (κ3) is 4.07. The maximum absolute atomic E-state index is 12.1. The van der Waals surface area contributed by atoms with Crippen LogP contribution in [0.5, 0.6) is 0 Å². The van der Waals surface area contributed by atoms with Gasteiger partial charge < -0.3 is 5.32 Å². The van der Waals surface area contributed by atoms with Crippen molar-refractivity contribution in [1.29, 1.82) is 0 Å². The van der Waals surface area contributed by atoms with Gasteiger partial charge in [0.1, 0.15) is 6.54 Å². The molecule has 8 heteroatoms. The summed E-state index contributed by atoms with van der Waals surface area (Å²) in [4.78, 5) is 24.5. The number of rotatable bonds is 5. The predicted molar refractivity (Wildman–Crippen MR) is 93.3 cm³/mol. The summed E-state index contributed by atoms with van der Waals surface area (Å²) in [7, 11) is 0. The van der Waals surface area contributed by atoms with Crippen LogP contribution in [-0.2, 0) is 11.3 Å². The lowest BCUT2D eigenvalue weighted by Gasteiger charge is -2.05. The third-order valence-corrected chi connectivity index (χ3v) is 3.76. The van der Waals surface area contributed by atoms with E-state index in [1.54, 1.807) is 42.5 Å². The van der Waals surface area contributed by atoms with E-state index in [1.165, 1.54) is 11.7 Å². The zero-order valence-electron chi connectivity index (χ0n) is 13.3. The van der Waals surface area contributed by atoms with Gasteiger partial charge in [-0.2, -0.15) is 4.80 Å². The maximum Gasteiger partial charge on any atom is 0.248 e. The number of tetrazole rings is 1. The van der Waals surface area contributed by atoms with E-state index in [9.17, 15) is 9.59 Å². The van der Waals surface area contributed by atoms with E-state index in [1.807, 2.05) is 6.07 Å². The molecule has 3 rings (SSSR count). The molecule has 25 heavy (non-hydrogen) atoms. The molecule has 0 fully saturated rings. The smallest absolute Gasteiger partial charge is 0.248 e. The molecule has 1 amide bonds. The standard InChI is InChI=1S/C17H14ClN5O2/c1-11(24)12-6-8-13(9-7-12)19-16(25)10-23-21-17(20-22-23)14-4-2-3-5-15(14)18/h2-9H,10H2,1H3,(H,19,25). The van der Waals surface area contributed by atoms with Gasteiger partial charge in [0.05, 0.1) is 5.02 Å². The topological polar surface area (TPSA) is 89.8 Å². The van der Waals surface area contributed by atoms with Gasteiger partial charge in [-0.3, -0.25) is 9.59 Å². The van der Waals surface area contributed by atoms with Crippen molar-refractivity contribution in [2.75, 3.05) is 5.32 Å². The van der Waals surface area contributed by atoms with Gasteiger partial charge >= 0.3 is 0 Å². The van der Waals surface area contributed by atoms with Crippen molar-refractivity contribution >= 4 is 29.0 Å². The number of benzene rings is 2.